The van der Waals surface area contributed by atoms with E-state index in [1.54, 1.807) is 7.05 Å². The van der Waals surface area contributed by atoms with Crippen molar-refractivity contribution in [2.45, 2.75) is 32.8 Å². The van der Waals surface area contributed by atoms with Gasteiger partial charge in [-0.25, -0.2) is 0 Å². The van der Waals surface area contributed by atoms with Gasteiger partial charge >= 0.3 is 0 Å². The smallest absolute Gasteiger partial charge is 0.224 e. The van der Waals surface area contributed by atoms with Gasteiger partial charge in [0.05, 0.1) is 5.92 Å². The molecule has 128 valence electrons. The van der Waals surface area contributed by atoms with Crippen LogP contribution in [0, 0.1) is 19.8 Å². The van der Waals surface area contributed by atoms with Crippen LogP contribution in [0.2, 0.25) is 0 Å². The maximum Gasteiger partial charge on any atom is 0.224 e. The number of aliphatic hydroxyl groups excluding tert-OH is 1. The number of β-amino-alcohol motifs (C(OH)–C–C–N with tert-alkyl or cyclic N) is 1. The van der Waals surface area contributed by atoms with Crippen molar-refractivity contribution in [1.82, 2.24) is 10.2 Å². The first kappa shape index (κ1) is 17.8. The van der Waals surface area contributed by atoms with Gasteiger partial charge in [-0.05, 0) is 44.4 Å². The fourth-order valence-electron chi connectivity index (χ4n) is 3.20. The number of benzene rings is 1. The van der Waals surface area contributed by atoms with Crippen LogP contribution in [0.1, 0.15) is 24.0 Å². The summed E-state index contributed by atoms with van der Waals surface area (Å²) in [6, 6.07) is 6.02. The minimum atomic E-state index is -0.558. The number of nitrogens with one attached hydrogen (secondary N) is 1. The summed E-state index contributed by atoms with van der Waals surface area (Å²) in [5, 5.41) is 13.0. The van der Waals surface area contributed by atoms with Crippen molar-refractivity contribution >= 4 is 5.91 Å². The molecule has 0 radical (unpaired) electrons. The van der Waals surface area contributed by atoms with Crippen LogP contribution >= 0.6 is 0 Å². The maximum atomic E-state index is 11.8. The summed E-state index contributed by atoms with van der Waals surface area (Å²) in [7, 11) is 1.68. The monoisotopic (exact) mass is 320 g/mol. The first-order chi connectivity index (χ1) is 11.0. The Morgan fingerprint density at radius 2 is 2.13 bits per heavy atom. The van der Waals surface area contributed by atoms with Crippen LogP contribution in [-0.2, 0) is 4.79 Å². The number of ether oxygens (including phenoxy) is 1. The quantitative estimate of drug-likeness (QED) is 0.834. The van der Waals surface area contributed by atoms with E-state index in [1.807, 2.05) is 32.0 Å². The highest BCUT2D eigenvalue weighted by Gasteiger charge is 2.26. The lowest BCUT2D eigenvalue weighted by molar-refractivity contribution is -0.126. The second kappa shape index (κ2) is 8.31. The van der Waals surface area contributed by atoms with Crippen LogP contribution in [0.4, 0.5) is 0 Å². The molecule has 5 nitrogen and oxygen atoms in total. The molecule has 0 aromatic heterocycles. The van der Waals surface area contributed by atoms with Gasteiger partial charge in [-0.2, -0.15) is 0 Å². The molecule has 1 saturated heterocycles. The number of piperidine rings is 1. The molecule has 5 heteroatoms. The van der Waals surface area contributed by atoms with E-state index >= 15 is 0 Å². The molecule has 23 heavy (non-hydrogen) atoms. The molecule has 1 aliphatic rings. The summed E-state index contributed by atoms with van der Waals surface area (Å²) in [6.45, 7) is 6.46. The SMILES string of the molecule is CNC(=O)C1CCCN(CC(O)COc2c(C)cccc2C)C1. The van der Waals surface area contributed by atoms with Crippen molar-refractivity contribution in [2.75, 3.05) is 33.3 Å². The first-order valence-electron chi connectivity index (χ1n) is 8.32. The Balaban J connectivity index is 1.82. The minimum absolute atomic E-state index is 0.0282. The molecule has 0 aliphatic carbocycles. The molecule has 2 N–H and O–H groups in total. The van der Waals surface area contributed by atoms with Crippen molar-refractivity contribution in [3.8, 4) is 5.75 Å². The van der Waals surface area contributed by atoms with Crippen LogP contribution in [0.15, 0.2) is 18.2 Å². The van der Waals surface area contributed by atoms with E-state index in [0.29, 0.717) is 13.1 Å². The van der Waals surface area contributed by atoms with Gasteiger partial charge in [0.25, 0.3) is 0 Å². The van der Waals surface area contributed by atoms with Gasteiger partial charge in [0.2, 0.25) is 5.91 Å². The zero-order chi connectivity index (χ0) is 16.8. The second-order valence-electron chi connectivity index (χ2n) is 6.40. The average Bonchev–Trinajstić information content (AvgIpc) is 2.54. The topological polar surface area (TPSA) is 61.8 Å². The Hall–Kier alpha value is -1.59. The van der Waals surface area contributed by atoms with E-state index in [0.717, 1.165) is 36.3 Å². The third-order valence-corrected chi connectivity index (χ3v) is 4.42. The summed E-state index contributed by atoms with van der Waals surface area (Å²) in [5.41, 5.74) is 2.16. The largest absolute Gasteiger partial charge is 0.490 e. The zero-order valence-electron chi connectivity index (χ0n) is 14.3. The summed E-state index contributed by atoms with van der Waals surface area (Å²) < 4.78 is 5.81. The van der Waals surface area contributed by atoms with E-state index in [4.69, 9.17) is 4.74 Å². The number of nitrogens with zero attached hydrogens (tertiary/aromatic N) is 1. The van der Waals surface area contributed by atoms with Gasteiger partial charge in [0.1, 0.15) is 18.5 Å². The first-order valence-corrected chi connectivity index (χ1v) is 8.32. The molecule has 0 spiro atoms. The average molecular weight is 320 g/mol. The predicted octanol–water partition coefficient (Wildman–Crippen LogP) is 1.50. The zero-order valence-corrected chi connectivity index (χ0v) is 14.3. The van der Waals surface area contributed by atoms with Gasteiger partial charge < -0.3 is 15.2 Å². The van der Waals surface area contributed by atoms with E-state index in [9.17, 15) is 9.90 Å². The highest BCUT2D eigenvalue weighted by atomic mass is 16.5. The number of carbonyl (C=O) groups is 1. The van der Waals surface area contributed by atoms with Gasteiger partial charge in [-0.15, -0.1) is 0 Å². The molecule has 1 amide bonds. The molecular weight excluding hydrogens is 292 g/mol. The van der Waals surface area contributed by atoms with E-state index in [2.05, 4.69) is 10.2 Å². The van der Waals surface area contributed by atoms with E-state index in [-0.39, 0.29) is 18.4 Å². The molecule has 0 saturated carbocycles. The molecule has 2 atom stereocenters. The summed E-state index contributed by atoms with van der Waals surface area (Å²) in [4.78, 5) is 13.9. The van der Waals surface area contributed by atoms with E-state index < -0.39 is 6.10 Å². The predicted molar refractivity (Wildman–Crippen MR) is 90.6 cm³/mol. The molecule has 2 unspecified atom stereocenters. The van der Waals surface area contributed by atoms with Crippen LogP contribution in [0.5, 0.6) is 5.75 Å². The summed E-state index contributed by atoms with van der Waals surface area (Å²) in [5.74, 6) is 0.977. The lowest BCUT2D eigenvalue weighted by Gasteiger charge is -2.33. The fraction of sp³-hybridized carbons (Fsp3) is 0.611. The molecule has 1 aromatic rings. The lowest BCUT2D eigenvalue weighted by Crippen LogP contribution is -2.45. The lowest BCUT2D eigenvalue weighted by atomic mass is 9.97. The number of likely N-dealkylation sites (tertiary alicyclic amines) is 1. The normalized spacial score (nSPS) is 20.1. The van der Waals surface area contributed by atoms with Gasteiger partial charge in [0.15, 0.2) is 0 Å². The molecule has 2 rings (SSSR count). The van der Waals surface area contributed by atoms with Crippen LogP contribution in [0.3, 0.4) is 0 Å². The van der Waals surface area contributed by atoms with Gasteiger partial charge in [0, 0.05) is 20.1 Å². The van der Waals surface area contributed by atoms with Crippen LogP contribution < -0.4 is 10.1 Å². The molecule has 1 aromatic carbocycles. The number of amides is 1. The summed E-state index contributed by atoms with van der Waals surface area (Å²) >= 11 is 0. The molecular formula is C18H28N2O3. The van der Waals surface area contributed by atoms with Crippen molar-refractivity contribution in [3.05, 3.63) is 29.3 Å². The van der Waals surface area contributed by atoms with Crippen molar-refractivity contribution < 1.29 is 14.6 Å². The molecule has 1 heterocycles. The van der Waals surface area contributed by atoms with Crippen molar-refractivity contribution in [1.29, 1.82) is 0 Å². The maximum absolute atomic E-state index is 11.8. The number of hydrogen-bond acceptors (Lipinski definition) is 4. The highest BCUT2D eigenvalue weighted by Crippen LogP contribution is 2.22. The Morgan fingerprint density at radius 1 is 1.43 bits per heavy atom. The summed E-state index contributed by atoms with van der Waals surface area (Å²) in [6.07, 6.45) is 1.35. The number of aliphatic hydroxyl groups is 1. The van der Waals surface area contributed by atoms with Crippen molar-refractivity contribution in [3.63, 3.8) is 0 Å². The Bertz CT molecular complexity index is 513. The van der Waals surface area contributed by atoms with Crippen molar-refractivity contribution in [2.24, 2.45) is 5.92 Å². The third-order valence-electron chi connectivity index (χ3n) is 4.42. The second-order valence-corrected chi connectivity index (χ2v) is 6.40. The standard InChI is InChI=1S/C18H28N2O3/c1-13-6-4-7-14(2)17(13)23-12-16(21)11-20-9-5-8-15(10-20)18(22)19-3/h4,6-7,15-16,21H,5,8-12H2,1-3H3,(H,19,22). The number of hydrogen-bond donors (Lipinski definition) is 2. The Kier molecular flexibility index (Phi) is 6.42. The number of aryl methyl sites for hydroxylation is 2. The third kappa shape index (κ3) is 4.94. The minimum Gasteiger partial charge on any atom is -0.490 e. The Labute approximate surface area is 138 Å². The highest BCUT2D eigenvalue weighted by molar-refractivity contribution is 5.78. The number of carbonyl (C=O) groups excluding carboxylic acids is 1. The Morgan fingerprint density at radius 3 is 2.78 bits per heavy atom. The molecule has 0 bridgehead atoms. The van der Waals surface area contributed by atoms with Crippen LogP contribution in [0.25, 0.3) is 0 Å². The van der Waals surface area contributed by atoms with E-state index in [1.165, 1.54) is 0 Å². The number of para-hydroxylation sites is 1. The van der Waals surface area contributed by atoms with Gasteiger partial charge in [-0.1, -0.05) is 18.2 Å². The fourth-order valence-corrected chi connectivity index (χ4v) is 3.20. The molecule has 1 aliphatic heterocycles. The van der Waals surface area contributed by atoms with Crippen LogP contribution in [-0.4, -0.2) is 55.3 Å². The van der Waals surface area contributed by atoms with Gasteiger partial charge in [-0.3, -0.25) is 9.69 Å². The molecule has 1 fully saturated rings. The number of rotatable bonds is 6.